The van der Waals surface area contributed by atoms with Gasteiger partial charge in [0.05, 0.1) is 6.42 Å². The van der Waals surface area contributed by atoms with Gasteiger partial charge in [0.15, 0.2) is 0 Å². The standard InChI is InChI=1S/C6H8NO7P/c7-3(1-4(8)9)6(11)14-5(10)2-15(12)13/h3H,1-2,7H2,(H,8,9). The molecule has 0 spiro atoms. The molecular formula is C6H8NO7P. The first-order chi connectivity index (χ1) is 6.82. The minimum absolute atomic E-state index is 0.699. The van der Waals surface area contributed by atoms with Crippen molar-refractivity contribution in [1.82, 2.24) is 0 Å². The average Bonchev–Trinajstić information content (AvgIpc) is 2.00. The van der Waals surface area contributed by atoms with Gasteiger partial charge in [0.25, 0.3) is 0 Å². The van der Waals surface area contributed by atoms with Crippen molar-refractivity contribution in [2.45, 2.75) is 12.5 Å². The first-order valence-corrected chi connectivity index (χ1v) is 5.03. The second kappa shape index (κ2) is 6.18. The van der Waals surface area contributed by atoms with Gasteiger partial charge in [0, 0.05) is 0 Å². The minimum atomic E-state index is -2.99. The van der Waals surface area contributed by atoms with Crippen LogP contribution in [0.3, 0.4) is 0 Å². The predicted molar refractivity (Wildman–Crippen MR) is 43.8 cm³/mol. The zero-order chi connectivity index (χ0) is 12.0. The number of ether oxygens (including phenoxy) is 1. The fraction of sp³-hybridized carbons (Fsp3) is 0.500. The summed E-state index contributed by atoms with van der Waals surface area (Å²) in [5.41, 5.74) is 5.04. The Hall–Kier alpha value is -1.37. The van der Waals surface area contributed by atoms with Crippen molar-refractivity contribution < 1.29 is 33.7 Å². The Labute approximate surface area is 84.9 Å². The first-order valence-electron chi connectivity index (χ1n) is 3.66. The van der Waals surface area contributed by atoms with E-state index in [4.69, 9.17) is 10.8 Å². The zero-order valence-electron chi connectivity index (χ0n) is 7.41. The van der Waals surface area contributed by atoms with Crippen LogP contribution in [0.2, 0.25) is 0 Å². The number of esters is 2. The highest BCUT2D eigenvalue weighted by Crippen LogP contribution is 2.06. The van der Waals surface area contributed by atoms with Crippen LogP contribution in [0.1, 0.15) is 6.42 Å². The molecular weight excluding hydrogens is 229 g/mol. The van der Waals surface area contributed by atoms with Crippen molar-refractivity contribution in [3.63, 3.8) is 0 Å². The van der Waals surface area contributed by atoms with Crippen LogP contribution in [0.4, 0.5) is 0 Å². The van der Waals surface area contributed by atoms with Gasteiger partial charge in [-0.15, -0.1) is 0 Å². The summed E-state index contributed by atoms with van der Waals surface area (Å²) in [6, 6.07) is -1.49. The van der Waals surface area contributed by atoms with Gasteiger partial charge in [0.1, 0.15) is 6.04 Å². The number of carbonyl (C=O) groups excluding carboxylic acids is 2. The molecule has 0 rings (SSSR count). The molecule has 84 valence electrons. The second-order valence-corrected chi connectivity index (χ2v) is 3.47. The second-order valence-electron chi connectivity index (χ2n) is 2.49. The van der Waals surface area contributed by atoms with Crippen molar-refractivity contribution in [3.8, 4) is 0 Å². The molecule has 0 fully saturated rings. The van der Waals surface area contributed by atoms with E-state index < -0.39 is 44.6 Å². The molecule has 8 nitrogen and oxygen atoms in total. The predicted octanol–water partition coefficient (Wildman–Crippen LogP) is -2.04. The Bertz CT molecular complexity index is 302. The maximum atomic E-state index is 10.8. The van der Waals surface area contributed by atoms with Crippen molar-refractivity contribution >= 4 is 25.9 Å². The van der Waals surface area contributed by atoms with Gasteiger partial charge in [-0.3, -0.25) is 4.79 Å². The molecule has 0 aliphatic heterocycles. The van der Waals surface area contributed by atoms with Gasteiger partial charge in [-0.2, -0.15) is 0 Å². The van der Waals surface area contributed by atoms with E-state index in [0.717, 1.165) is 0 Å². The molecule has 0 amide bonds. The summed E-state index contributed by atoms with van der Waals surface area (Å²) < 4.78 is 14.0. The van der Waals surface area contributed by atoms with Crippen molar-refractivity contribution in [3.05, 3.63) is 0 Å². The Morgan fingerprint density at radius 3 is 2.40 bits per heavy atom. The van der Waals surface area contributed by atoms with E-state index in [1.54, 1.807) is 0 Å². The molecule has 0 aliphatic rings. The summed E-state index contributed by atoms with van der Waals surface area (Å²) >= 11 is 0. The van der Waals surface area contributed by atoms with Gasteiger partial charge < -0.3 is 20.5 Å². The molecule has 0 radical (unpaired) electrons. The van der Waals surface area contributed by atoms with Crippen LogP contribution in [0.25, 0.3) is 0 Å². The van der Waals surface area contributed by atoms with Crippen LogP contribution in [-0.2, 0) is 23.7 Å². The number of nitrogens with two attached hydrogens (primary N) is 1. The Balaban J connectivity index is 4.07. The fourth-order valence-corrected chi connectivity index (χ4v) is 0.872. The zero-order valence-corrected chi connectivity index (χ0v) is 8.31. The summed E-state index contributed by atoms with van der Waals surface area (Å²) in [7, 11) is -2.99. The lowest BCUT2D eigenvalue weighted by Gasteiger charge is -2.05. The number of hydrogen-bond donors (Lipinski definition) is 2. The smallest absolute Gasteiger partial charge is 0.362 e. The van der Waals surface area contributed by atoms with Gasteiger partial charge in [0.2, 0.25) is 6.16 Å². The normalized spacial score (nSPS) is 12.8. The lowest BCUT2D eigenvalue weighted by Crippen LogP contribution is -2.36. The highest BCUT2D eigenvalue weighted by Gasteiger charge is 2.23. The number of carbonyl (C=O) groups is 3. The molecule has 0 bridgehead atoms. The van der Waals surface area contributed by atoms with Crippen LogP contribution in [0.15, 0.2) is 0 Å². The third kappa shape index (κ3) is 6.67. The molecule has 2 unspecified atom stereocenters. The monoisotopic (exact) mass is 237 g/mol. The number of aliphatic carboxylic acids is 1. The molecule has 0 heterocycles. The van der Waals surface area contributed by atoms with E-state index in [0.29, 0.717) is 0 Å². The fourth-order valence-electron chi connectivity index (χ4n) is 0.597. The average molecular weight is 237 g/mol. The maximum Gasteiger partial charge on any atom is 0.362 e. The van der Waals surface area contributed by atoms with Gasteiger partial charge in [-0.1, -0.05) is 4.57 Å². The van der Waals surface area contributed by atoms with Gasteiger partial charge >= 0.3 is 25.9 Å². The quantitative estimate of drug-likeness (QED) is 0.315. The van der Waals surface area contributed by atoms with E-state index in [1.165, 1.54) is 0 Å². The molecule has 9 heteroatoms. The van der Waals surface area contributed by atoms with E-state index >= 15 is 0 Å². The van der Waals surface area contributed by atoms with E-state index in [-0.39, 0.29) is 0 Å². The van der Waals surface area contributed by atoms with Crippen LogP contribution in [-0.4, -0.2) is 35.2 Å². The third-order valence-corrected chi connectivity index (χ3v) is 1.69. The molecule has 0 saturated heterocycles. The Morgan fingerprint density at radius 2 is 2.00 bits per heavy atom. The number of rotatable bonds is 5. The molecule has 2 atom stereocenters. The highest BCUT2D eigenvalue weighted by molar-refractivity contribution is 7.37. The summed E-state index contributed by atoms with van der Waals surface area (Å²) in [6.07, 6.45) is -1.64. The van der Waals surface area contributed by atoms with E-state index in [2.05, 4.69) is 4.74 Å². The van der Waals surface area contributed by atoms with Gasteiger partial charge in [-0.25, -0.2) is 9.59 Å². The number of carboxylic acids is 1. The van der Waals surface area contributed by atoms with Gasteiger partial charge in [-0.05, 0) is 0 Å². The van der Waals surface area contributed by atoms with Crippen molar-refractivity contribution in [2.24, 2.45) is 5.73 Å². The lowest BCUT2D eigenvalue weighted by molar-refractivity contribution is -0.168. The summed E-state index contributed by atoms with van der Waals surface area (Å²) in [4.78, 5) is 41.6. The molecule has 0 aromatic heterocycles. The number of carboxylic acid groups (broad SMARTS) is 1. The van der Waals surface area contributed by atoms with E-state index in [9.17, 15) is 23.8 Å². The minimum Gasteiger partial charge on any atom is -0.595 e. The highest BCUT2D eigenvalue weighted by atomic mass is 31.1. The van der Waals surface area contributed by atoms with Crippen molar-refractivity contribution in [2.75, 3.05) is 6.16 Å². The molecule has 0 aromatic rings. The molecule has 15 heavy (non-hydrogen) atoms. The summed E-state index contributed by atoms with van der Waals surface area (Å²) in [5.74, 6) is -3.88. The van der Waals surface area contributed by atoms with Crippen LogP contribution >= 0.6 is 8.03 Å². The maximum absolute atomic E-state index is 10.8. The number of hydrogen-bond acceptors (Lipinski definition) is 7. The first kappa shape index (κ1) is 13.6. The molecule has 0 saturated carbocycles. The lowest BCUT2D eigenvalue weighted by atomic mass is 10.2. The van der Waals surface area contributed by atoms with Crippen LogP contribution in [0, 0.1) is 0 Å². The Morgan fingerprint density at radius 1 is 1.47 bits per heavy atom. The third-order valence-electron chi connectivity index (χ3n) is 1.17. The molecule has 3 N–H and O–H groups in total. The molecule has 0 aliphatic carbocycles. The summed E-state index contributed by atoms with van der Waals surface area (Å²) in [6.45, 7) is 0. The van der Waals surface area contributed by atoms with E-state index in [1.807, 2.05) is 0 Å². The topological polar surface area (TPSA) is 147 Å². The van der Waals surface area contributed by atoms with Crippen LogP contribution in [0.5, 0.6) is 0 Å². The molecule has 0 aromatic carbocycles. The van der Waals surface area contributed by atoms with Crippen molar-refractivity contribution in [1.29, 1.82) is 0 Å². The Kier molecular flexibility index (Phi) is 5.61. The largest absolute Gasteiger partial charge is 0.595 e. The summed E-state index contributed by atoms with van der Waals surface area (Å²) in [5, 5.41) is 8.24. The van der Waals surface area contributed by atoms with Crippen LogP contribution < -0.4 is 10.6 Å². The SMILES string of the molecule is NC(CC(=O)O)C(=O)OC(=O)C[P+](=O)[O-].